The van der Waals surface area contributed by atoms with Crippen LogP contribution in [0.1, 0.15) is 18.3 Å². The van der Waals surface area contributed by atoms with Gasteiger partial charge in [0.2, 0.25) is 0 Å². The van der Waals surface area contributed by atoms with Crippen LogP contribution in [0.15, 0.2) is 23.6 Å². The number of nitrogens with one attached hydrogen (secondary N) is 1. The molecular formula is C15H16N4S. The van der Waals surface area contributed by atoms with E-state index in [1.165, 1.54) is 0 Å². The first kappa shape index (κ1) is 13.0. The Labute approximate surface area is 121 Å². The number of thiophene rings is 1. The number of nitrogens with zero attached hydrogens (tertiary/aromatic N) is 3. The zero-order valence-electron chi connectivity index (χ0n) is 11.8. The quantitative estimate of drug-likeness (QED) is 0.794. The van der Waals surface area contributed by atoms with E-state index in [2.05, 4.69) is 33.3 Å². The number of hydrogen-bond acceptors (Lipinski definition) is 5. The molecule has 0 radical (unpaired) electrons. The van der Waals surface area contributed by atoms with Gasteiger partial charge in [-0.15, -0.1) is 11.3 Å². The normalized spacial score (nSPS) is 10.9. The van der Waals surface area contributed by atoms with E-state index in [1.54, 1.807) is 11.3 Å². The SMILES string of the molecule is CCNc1nc(-c2cc(C)nc(C)c2)nc2sccc12. The summed E-state index contributed by atoms with van der Waals surface area (Å²) < 4.78 is 0. The molecule has 3 aromatic heterocycles. The lowest BCUT2D eigenvalue weighted by Crippen LogP contribution is -2.02. The summed E-state index contributed by atoms with van der Waals surface area (Å²) in [6.45, 7) is 6.90. The Morgan fingerprint density at radius 2 is 1.85 bits per heavy atom. The van der Waals surface area contributed by atoms with Crippen LogP contribution >= 0.6 is 11.3 Å². The first-order chi connectivity index (χ1) is 9.67. The molecule has 0 bridgehead atoms. The van der Waals surface area contributed by atoms with Crippen molar-refractivity contribution < 1.29 is 0 Å². The summed E-state index contributed by atoms with van der Waals surface area (Å²) in [5.74, 6) is 1.66. The molecule has 0 aliphatic rings. The fraction of sp³-hybridized carbons (Fsp3) is 0.267. The third-order valence-corrected chi connectivity index (χ3v) is 3.82. The molecule has 3 rings (SSSR count). The smallest absolute Gasteiger partial charge is 0.163 e. The van der Waals surface area contributed by atoms with Gasteiger partial charge in [-0.25, -0.2) is 9.97 Å². The molecule has 0 aliphatic heterocycles. The van der Waals surface area contributed by atoms with Crippen LogP contribution in [0.25, 0.3) is 21.6 Å². The molecule has 0 aliphatic carbocycles. The molecular weight excluding hydrogens is 268 g/mol. The van der Waals surface area contributed by atoms with Crippen LogP contribution in [0.2, 0.25) is 0 Å². The lowest BCUT2D eigenvalue weighted by atomic mass is 10.2. The van der Waals surface area contributed by atoms with Crippen molar-refractivity contribution in [3.05, 3.63) is 35.0 Å². The molecule has 3 heterocycles. The van der Waals surface area contributed by atoms with E-state index < -0.39 is 0 Å². The maximum Gasteiger partial charge on any atom is 0.163 e. The van der Waals surface area contributed by atoms with Gasteiger partial charge in [-0.2, -0.15) is 0 Å². The second kappa shape index (κ2) is 5.17. The Morgan fingerprint density at radius 1 is 1.10 bits per heavy atom. The first-order valence-electron chi connectivity index (χ1n) is 6.62. The highest BCUT2D eigenvalue weighted by Gasteiger charge is 2.10. The van der Waals surface area contributed by atoms with Crippen molar-refractivity contribution in [1.29, 1.82) is 0 Å². The lowest BCUT2D eigenvalue weighted by Gasteiger charge is -2.08. The van der Waals surface area contributed by atoms with Crippen molar-refractivity contribution in [3.8, 4) is 11.4 Å². The van der Waals surface area contributed by atoms with E-state index in [-0.39, 0.29) is 0 Å². The Balaban J connectivity index is 2.20. The van der Waals surface area contributed by atoms with Crippen molar-refractivity contribution in [1.82, 2.24) is 15.0 Å². The minimum atomic E-state index is 0.754. The topological polar surface area (TPSA) is 50.7 Å². The number of rotatable bonds is 3. The van der Waals surface area contributed by atoms with Crippen LogP contribution < -0.4 is 5.32 Å². The zero-order chi connectivity index (χ0) is 14.1. The largest absolute Gasteiger partial charge is 0.370 e. The molecule has 0 aromatic carbocycles. The number of fused-ring (bicyclic) bond motifs is 1. The summed E-state index contributed by atoms with van der Waals surface area (Å²) in [6.07, 6.45) is 0. The summed E-state index contributed by atoms with van der Waals surface area (Å²) in [6, 6.07) is 6.11. The molecule has 0 saturated carbocycles. The van der Waals surface area contributed by atoms with E-state index >= 15 is 0 Å². The average molecular weight is 284 g/mol. The minimum Gasteiger partial charge on any atom is -0.370 e. The van der Waals surface area contributed by atoms with Crippen molar-refractivity contribution in [2.45, 2.75) is 20.8 Å². The van der Waals surface area contributed by atoms with Gasteiger partial charge in [0, 0.05) is 23.5 Å². The Bertz CT molecular complexity index is 743. The number of aromatic nitrogens is 3. The summed E-state index contributed by atoms with van der Waals surface area (Å²) in [5, 5.41) is 6.45. The standard InChI is InChI=1S/C15H16N4S/c1-4-16-14-12-5-6-20-15(12)19-13(18-14)11-7-9(2)17-10(3)8-11/h5-8H,4H2,1-3H3,(H,16,18,19). The van der Waals surface area contributed by atoms with Crippen LogP contribution in [0.3, 0.4) is 0 Å². The van der Waals surface area contributed by atoms with Gasteiger partial charge in [-0.05, 0) is 44.4 Å². The molecule has 0 saturated heterocycles. The van der Waals surface area contributed by atoms with Crippen molar-refractivity contribution >= 4 is 27.4 Å². The molecule has 3 aromatic rings. The van der Waals surface area contributed by atoms with Gasteiger partial charge in [0.15, 0.2) is 5.82 Å². The fourth-order valence-corrected chi connectivity index (χ4v) is 3.01. The van der Waals surface area contributed by atoms with Crippen LogP contribution in [0.4, 0.5) is 5.82 Å². The van der Waals surface area contributed by atoms with Gasteiger partial charge < -0.3 is 5.32 Å². The van der Waals surface area contributed by atoms with E-state index in [1.807, 2.05) is 31.4 Å². The highest BCUT2D eigenvalue weighted by Crippen LogP contribution is 2.28. The van der Waals surface area contributed by atoms with Crippen LogP contribution in [-0.2, 0) is 0 Å². The summed E-state index contributed by atoms with van der Waals surface area (Å²) in [7, 11) is 0. The van der Waals surface area contributed by atoms with E-state index in [0.29, 0.717) is 0 Å². The number of pyridine rings is 1. The predicted molar refractivity (Wildman–Crippen MR) is 84.3 cm³/mol. The maximum absolute atomic E-state index is 4.67. The Kier molecular flexibility index (Phi) is 3.36. The molecule has 0 unspecified atom stereocenters. The Hall–Kier alpha value is -2.01. The molecule has 102 valence electrons. The van der Waals surface area contributed by atoms with Gasteiger partial charge in [0.1, 0.15) is 10.6 Å². The third-order valence-electron chi connectivity index (χ3n) is 3.01. The molecule has 5 heteroatoms. The van der Waals surface area contributed by atoms with Crippen molar-refractivity contribution in [2.75, 3.05) is 11.9 Å². The number of aryl methyl sites for hydroxylation is 2. The van der Waals surface area contributed by atoms with Gasteiger partial charge in [-0.3, -0.25) is 4.98 Å². The molecule has 1 N–H and O–H groups in total. The average Bonchev–Trinajstić information content (AvgIpc) is 2.86. The first-order valence-corrected chi connectivity index (χ1v) is 7.50. The van der Waals surface area contributed by atoms with Gasteiger partial charge in [0.05, 0.1) is 5.39 Å². The van der Waals surface area contributed by atoms with Crippen LogP contribution in [0, 0.1) is 13.8 Å². The third kappa shape index (κ3) is 2.36. The number of hydrogen-bond donors (Lipinski definition) is 1. The molecule has 0 amide bonds. The van der Waals surface area contributed by atoms with E-state index in [9.17, 15) is 0 Å². The highest BCUT2D eigenvalue weighted by atomic mass is 32.1. The highest BCUT2D eigenvalue weighted by molar-refractivity contribution is 7.16. The minimum absolute atomic E-state index is 0.754. The number of anilines is 1. The summed E-state index contributed by atoms with van der Waals surface area (Å²) in [5.41, 5.74) is 2.99. The van der Waals surface area contributed by atoms with Gasteiger partial charge >= 0.3 is 0 Å². The monoisotopic (exact) mass is 284 g/mol. The van der Waals surface area contributed by atoms with E-state index in [4.69, 9.17) is 0 Å². The van der Waals surface area contributed by atoms with Gasteiger partial charge in [0.25, 0.3) is 0 Å². The zero-order valence-corrected chi connectivity index (χ0v) is 12.6. The second-order valence-electron chi connectivity index (χ2n) is 4.70. The maximum atomic E-state index is 4.67. The molecule has 20 heavy (non-hydrogen) atoms. The second-order valence-corrected chi connectivity index (χ2v) is 5.60. The fourth-order valence-electron chi connectivity index (χ4n) is 2.25. The predicted octanol–water partition coefficient (Wildman–Crippen LogP) is 3.80. The lowest BCUT2D eigenvalue weighted by molar-refractivity contribution is 1.11. The molecule has 4 nitrogen and oxygen atoms in total. The van der Waals surface area contributed by atoms with E-state index in [0.717, 1.165) is 45.4 Å². The van der Waals surface area contributed by atoms with Crippen LogP contribution in [-0.4, -0.2) is 21.5 Å². The molecule has 0 spiro atoms. The summed E-state index contributed by atoms with van der Waals surface area (Å²) in [4.78, 5) is 14.8. The Morgan fingerprint density at radius 3 is 2.55 bits per heavy atom. The van der Waals surface area contributed by atoms with Crippen molar-refractivity contribution in [2.24, 2.45) is 0 Å². The van der Waals surface area contributed by atoms with Crippen LogP contribution in [0.5, 0.6) is 0 Å². The van der Waals surface area contributed by atoms with Gasteiger partial charge in [-0.1, -0.05) is 0 Å². The molecule has 0 fully saturated rings. The van der Waals surface area contributed by atoms with Crippen molar-refractivity contribution in [3.63, 3.8) is 0 Å². The summed E-state index contributed by atoms with van der Waals surface area (Å²) >= 11 is 1.64. The molecule has 0 atom stereocenters.